The van der Waals surface area contributed by atoms with E-state index in [1.165, 1.54) is 28.5 Å². The number of fused-ring (bicyclic) bond motifs is 2. The first-order valence-corrected chi connectivity index (χ1v) is 11.0. The molecule has 5 rings (SSSR count). The number of nitrogens with zero attached hydrogens (tertiary/aromatic N) is 1. The van der Waals surface area contributed by atoms with E-state index in [1.54, 1.807) is 0 Å². The van der Waals surface area contributed by atoms with Crippen LogP contribution in [0.1, 0.15) is 23.5 Å². The molecule has 7 nitrogen and oxygen atoms in total. The number of carbonyl (C=O) groups is 2. The predicted molar refractivity (Wildman–Crippen MR) is 126 cm³/mol. The van der Waals surface area contributed by atoms with Gasteiger partial charge in [-0.25, -0.2) is 9.59 Å². The number of hydrogen-bond acceptors (Lipinski definition) is 4. The normalized spacial score (nSPS) is 21.8. The summed E-state index contributed by atoms with van der Waals surface area (Å²) in [5, 5.41) is 17.1. The Morgan fingerprint density at radius 3 is 2.52 bits per heavy atom. The zero-order valence-electron chi connectivity index (χ0n) is 18.5. The van der Waals surface area contributed by atoms with Crippen LogP contribution in [-0.4, -0.2) is 58.3 Å². The number of aromatic nitrogens is 1. The highest BCUT2D eigenvalue weighted by Gasteiger charge is 2.39. The van der Waals surface area contributed by atoms with Gasteiger partial charge in [-0.05, 0) is 49.2 Å². The summed E-state index contributed by atoms with van der Waals surface area (Å²) in [4.78, 5) is 25.1. The molecular formula is C26H28N2O5. The van der Waals surface area contributed by atoms with Gasteiger partial charge in [0.15, 0.2) is 0 Å². The van der Waals surface area contributed by atoms with Crippen molar-refractivity contribution in [3.05, 3.63) is 78.0 Å². The van der Waals surface area contributed by atoms with E-state index < -0.39 is 11.9 Å². The third-order valence-electron chi connectivity index (χ3n) is 6.41. The summed E-state index contributed by atoms with van der Waals surface area (Å²) in [5.74, 6) is -0.358. The lowest BCUT2D eigenvalue weighted by molar-refractivity contribution is -0.134. The van der Waals surface area contributed by atoms with Crippen molar-refractivity contribution >= 4 is 22.8 Å². The first kappa shape index (κ1) is 22.6. The molecule has 172 valence electrons. The third-order valence-corrected chi connectivity index (χ3v) is 6.41. The van der Waals surface area contributed by atoms with Crippen LogP contribution >= 0.6 is 0 Å². The summed E-state index contributed by atoms with van der Waals surface area (Å²) in [7, 11) is 2.28. The minimum atomic E-state index is -1.26. The number of rotatable bonds is 5. The Bertz CT molecular complexity index is 1140. The van der Waals surface area contributed by atoms with Gasteiger partial charge in [-0.1, -0.05) is 30.3 Å². The number of ether oxygens (including phenoxy) is 1. The number of hydrogen-bond donors (Lipinski definition) is 3. The van der Waals surface area contributed by atoms with Gasteiger partial charge in [0.05, 0.1) is 6.61 Å². The van der Waals surface area contributed by atoms with Crippen molar-refractivity contribution in [2.45, 2.75) is 24.8 Å². The highest BCUT2D eigenvalue weighted by Crippen LogP contribution is 2.44. The molecule has 3 atom stereocenters. The van der Waals surface area contributed by atoms with Gasteiger partial charge in [0.2, 0.25) is 0 Å². The molecule has 2 aromatic carbocycles. The number of para-hydroxylation sites is 1. The van der Waals surface area contributed by atoms with E-state index >= 15 is 0 Å². The van der Waals surface area contributed by atoms with Crippen molar-refractivity contribution in [1.82, 2.24) is 9.88 Å². The fourth-order valence-electron chi connectivity index (χ4n) is 5.05. The molecule has 3 N–H and O–H groups in total. The lowest BCUT2D eigenvalue weighted by Gasteiger charge is -2.45. The number of likely N-dealkylation sites (N-methyl/N-ethyl adjacent to an activating group) is 1. The maximum absolute atomic E-state index is 9.55. The molecule has 0 saturated carbocycles. The van der Waals surface area contributed by atoms with Gasteiger partial charge in [-0.3, -0.25) is 0 Å². The zero-order chi connectivity index (χ0) is 23.4. The second-order valence-electron chi connectivity index (χ2n) is 8.64. The van der Waals surface area contributed by atoms with Gasteiger partial charge in [0, 0.05) is 53.7 Å². The first-order chi connectivity index (χ1) is 15.9. The number of aromatic amines is 1. The number of aliphatic carboxylic acids is 2. The first-order valence-electron chi connectivity index (χ1n) is 11.0. The monoisotopic (exact) mass is 448 g/mol. The molecule has 0 radical (unpaired) electrons. The van der Waals surface area contributed by atoms with Crippen LogP contribution in [-0.2, 0) is 16.0 Å². The lowest BCUT2D eigenvalue weighted by atomic mass is 9.72. The minimum Gasteiger partial charge on any atom is -0.493 e. The number of carboxylic acid groups (broad SMARTS) is 2. The van der Waals surface area contributed by atoms with Crippen molar-refractivity contribution < 1.29 is 24.5 Å². The predicted octanol–water partition coefficient (Wildman–Crippen LogP) is 3.92. The molecule has 3 aromatic rings. The topological polar surface area (TPSA) is 103 Å². The van der Waals surface area contributed by atoms with E-state index in [1.807, 2.05) is 30.3 Å². The molecule has 33 heavy (non-hydrogen) atoms. The second kappa shape index (κ2) is 9.92. The molecule has 7 heteroatoms. The van der Waals surface area contributed by atoms with Gasteiger partial charge in [-0.2, -0.15) is 0 Å². The Labute approximate surface area is 192 Å². The number of likely N-dealkylation sites (tertiary alicyclic amines) is 1. The van der Waals surface area contributed by atoms with E-state index in [2.05, 4.69) is 41.3 Å². The van der Waals surface area contributed by atoms with E-state index in [9.17, 15) is 9.59 Å². The summed E-state index contributed by atoms with van der Waals surface area (Å²) < 4.78 is 6.07. The van der Waals surface area contributed by atoms with Crippen molar-refractivity contribution in [3.63, 3.8) is 0 Å². The van der Waals surface area contributed by atoms with E-state index in [0.29, 0.717) is 30.0 Å². The Kier molecular flexibility index (Phi) is 6.79. The van der Waals surface area contributed by atoms with Crippen LogP contribution in [0, 0.1) is 5.92 Å². The average molecular weight is 449 g/mol. The van der Waals surface area contributed by atoms with Crippen LogP contribution in [0.5, 0.6) is 5.75 Å². The molecule has 2 heterocycles. The van der Waals surface area contributed by atoms with Crippen LogP contribution in [0.15, 0.2) is 66.9 Å². The molecule has 0 amide bonds. The molecule has 0 spiro atoms. The Morgan fingerprint density at radius 2 is 1.82 bits per heavy atom. The van der Waals surface area contributed by atoms with Crippen LogP contribution in [0.3, 0.4) is 0 Å². The summed E-state index contributed by atoms with van der Waals surface area (Å²) >= 11 is 0. The number of nitrogens with one attached hydrogen (secondary N) is 1. The Morgan fingerprint density at radius 1 is 1.09 bits per heavy atom. The van der Waals surface area contributed by atoms with Crippen LogP contribution in [0.2, 0.25) is 0 Å². The maximum Gasteiger partial charge on any atom is 0.328 e. The molecule has 2 unspecified atom stereocenters. The number of H-pyrrole nitrogens is 1. The number of piperidine rings is 1. The number of carboxylic acids is 2. The molecular weight excluding hydrogens is 420 g/mol. The van der Waals surface area contributed by atoms with Gasteiger partial charge < -0.3 is 24.8 Å². The average Bonchev–Trinajstić information content (AvgIpc) is 3.22. The lowest BCUT2D eigenvalue weighted by Crippen LogP contribution is -2.49. The molecule has 1 saturated heterocycles. The van der Waals surface area contributed by atoms with Crippen LogP contribution in [0.4, 0.5) is 0 Å². The van der Waals surface area contributed by atoms with E-state index in [0.717, 1.165) is 25.3 Å². The Balaban J connectivity index is 0.000000281. The van der Waals surface area contributed by atoms with Gasteiger partial charge in [0.1, 0.15) is 5.75 Å². The Hall–Kier alpha value is -3.58. The quantitative estimate of drug-likeness (QED) is 0.511. The van der Waals surface area contributed by atoms with Crippen LogP contribution < -0.4 is 4.74 Å². The van der Waals surface area contributed by atoms with Gasteiger partial charge in [-0.15, -0.1) is 0 Å². The van der Waals surface area contributed by atoms with E-state index in [4.69, 9.17) is 14.9 Å². The largest absolute Gasteiger partial charge is 0.493 e. The summed E-state index contributed by atoms with van der Waals surface area (Å²) in [5.41, 5.74) is 4.30. The maximum atomic E-state index is 9.55. The standard InChI is InChI=1S/C22H24N2O.C4H4O4/c1-24-13-15(14-25-17-6-3-2-4-7-17)10-19-18-8-5-9-20-22(18)16(12-23-20)11-21(19)24;5-3(6)1-2-4(7)8/h2-9,12,15,19,21,23H,10-11,13-14H2,1H3;1-2H,(H,5,6)(H,7,8)/b;2-1-/t15?,19?,21-;/m1./s1. The molecule has 1 aliphatic carbocycles. The fraction of sp³-hybridized carbons (Fsp3) is 0.308. The van der Waals surface area contributed by atoms with Crippen molar-refractivity contribution in [3.8, 4) is 5.75 Å². The summed E-state index contributed by atoms with van der Waals surface area (Å²) in [6.07, 6.45) is 5.70. The molecule has 0 bridgehead atoms. The van der Waals surface area contributed by atoms with E-state index in [-0.39, 0.29) is 0 Å². The van der Waals surface area contributed by atoms with Crippen molar-refractivity contribution in [2.24, 2.45) is 5.92 Å². The smallest absolute Gasteiger partial charge is 0.328 e. The van der Waals surface area contributed by atoms with Gasteiger partial charge >= 0.3 is 11.9 Å². The zero-order valence-corrected chi connectivity index (χ0v) is 18.5. The number of benzene rings is 2. The van der Waals surface area contributed by atoms with Crippen molar-refractivity contribution in [1.29, 1.82) is 0 Å². The summed E-state index contributed by atoms with van der Waals surface area (Å²) in [6.45, 7) is 1.91. The summed E-state index contributed by atoms with van der Waals surface area (Å²) in [6, 6.07) is 17.5. The van der Waals surface area contributed by atoms with Gasteiger partial charge in [0.25, 0.3) is 0 Å². The highest BCUT2D eigenvalue weighted by molar-refractivity contribution is 5.89. The van der Waals surface area contributed by atoms with Crippen LogP contribution in [0.25, 0.3) is 10.9 Å². The molecule has 1 aromatic heterocycles. The van der Waals surface area contributed by atoms with Crippen molar-refractivity contribution in [2.75, 3.05) is 20.2 Å². The SMILES string of the molecule is CN1CC(COc2ccccc2)CC2c3cccc4[nH]cc(c34)C[C@H]21.O=C(O)/C=C\C(=O)O. The molecule has 2 aliphatic rings. The minimum absolute atomic E-state index is 0.558. The second-order valence-corrected chi connectivity index (χ2v) is 8.64. The highest BCUT2D eigenvalue weighted by atomic mass is 16.5. The fourth-order valence-corrected chi connectivity index (χ4v) is 5.05. The molecule has 1 aliphatic heterocycles. The third kappa shape index (κ3) is 5.26. The molecule has 1 fully saturated rings.